The molecule has 0 fully saturated rings. The number of nitrogens with one attached hydrogen (secondary N) is 1. The largest absolute Gasteiger partial charge is 0.480 e. The van der Waals surface area contributed by atoms with Crippen LogP contribution in [0.5, 0.6) is 0 Å². The molecule has 0 aliphatic heterocycles. The number of benzene rings is 1. The van der Waals surface area contributed by atoms with Gasteiger partial charge in [-0.3, -0.25) is 14.4 Å². The first-order valence-corrected chi connectivity index (χ1v) is 7.56. The zero-order chi connectivity index (χ0) is 17.1. The van der Waals surface area contributed by atoms with Crippen LogP contribution in [0.4, 0.5) is 0 Å². The third-order valence-corrected chi connectivity index (χ3v) is 4.28. The molecule has 2 atom stereocenters. The van der Waals surface area contributed by atoms with Gasteiger partial charge in [0, 0.05) is 17.5 Å². The van der Waals surface area contributed by atoms with Gasteiger partial charge in [-0.2, -0.15) is 0 Å². The SMILES string of the molecule is CC[C@H](C)[C@H](NC(=O)CC1C(=O)c2ccccc2C1=O)C(=O)O. The van der Waals surface area contributed by atoms with Crippen molar-refractivity contribution in [3.63, 3.8) is 0 Å². The molecule has 0 heterocycles. The molecule has 0 unspecified atom stereocenters. The van der Waals surface area contributed by atoms with Crippen molar-refractivity contribution in [1.29, 1.82) is 0 Å². The highest BCUT2D eigenvalue weighted by molar-refractivity contribution is 6.27. The maximum absolute atomic E-state index is 12.2. The van der Waals surface area contributed by atoms with Gasteiger partial charge in [0.05, 0.1) is 5.92 Å². The minimum atomic E-state index is -1.12. The summed E-state index contributed by atoms with van der Waals surface area (Å²) in [6.07, 6.45) is 0.260. The van der Waals surface area contributed by atoms with Crippen LogP contribution in [-0.4, -0.2) is 34.6 Å². The van der Waals surface area contributed by atoms with Gasteiger partial charge in [0.25, 0.3) is 0 Å². The average Bonchev–Trinajstić information content (AvgIpc) is 2.77. The lowest BCUT2D eigenvalue weighted by Crippen LogP contribution is -2.45. The number of Topliss-reactive ketones (excluding diaryl/α,β-unsaturated/α-hetero) is 2. The summed E-state index contributed by atoms with van der Waals surface area (Å²) >= 11 is 0. The van der Waals surface area contributed by atoms with Crippen LogP contribution in [0.2, 0.25) is 0 Å². The van der Waals surface area contributed by atoms with Crippen LogP contribution in [0, 0.1) is 11.8 Å². The molecule has 1 amide bonds. The zero-order valence-corrected chi connectivity index (χ0v) is 13.0. The van der Waals surface area contributed by atoms with Gasteiger partial charge in [0.1, 0.15) is 6.04 Å². The van der Waals surface area contributed by atoms with Gasteiger partial charge in [-0.25, -0.2) is 4.79 Å². The van der Waals surface area contributed by atoms with E-state index in [-0.39, 0.29) is 23.9 Å². The number of carboxylic acid groups (broad SMARTS) is 1. The molecule has 23 heavy (non-hydrogen) atoms. The third kappa shape index (κ3) is 3.31. The molecule has 1 aromatic carbocycles. The van der Waals surface area contributed by atoms with E-state index in [2.05, 4.69) is 5.32 Å². The van der Waals surface area contributed by atoms with Gasteiger partial charge in [0.2, 0.25) is 5.91 Å². The number of carboxylic acids is 1. The molecule has 1 aliphatic carbocycles. The maximum Gasteiger partial charge on any atom is 0.326 e. The number of rotatable bonds is 6. The molecule has 122 valence electrons. The first kappa shape index (κ1) is 16.9. The van der Waals surface area contributed by atoms with Gasteiger partial charge >= 0.3 is 5.97 Å². The predicted molar refractivity (Wildman–Crippen MR) is 82.2 cm³/mol. The second-order valence-electron chi connectivity index (χ2n) is 5.80. The van der Waals surface area contributed by atoms with Crippen molar-refractivity contribution in [2.75, 3.05) is 0 Å². The van der Waals surface area contributed by atoms with Crippen LogP contribution in [0.25, 0.3) is 0 Å². The topological polar surface area (TPSA) is 101 Å². The van der Waals surface area contributed by atoms with Crippen molar-refractivity contribution in [3.8, 4) is 0 Å². The van der Waals surface area contributed by atoms with Crippen LogP contribution in [-0.2, 0) is 9.59 Å². The van der Waals surface area contributed by atoms with Crippen LogP contribution in [0.15, 0.2) is 24.3 Å². The molecule has 1 aromatic rings. The Hall–Kier alpha value is -2.50. The summed E-state index contributed by atoms with van der Waals surface area (Å²) in [4.78, 5) is 47.8. The van der Waals surface area contributed by atoms with Gasteiger partial charge in [0.15, 0.2) is 11.6 Å². The number of hydrogen-bond donors (Lipinski definition) is 2. The first-order chi connectivity index (χ1) is 10.9. The number of amides is 1. The van der Waals surface area contributed by atoms with Crippen molar-refractivity contribution >= 4 is 23.4 Å². The van der Waals surface area contributed by atoms with E-state index >= 15 is 0 Å². The Balaban J connectivity index is 2.08. The van der Waals surface area contributed by atoms with Crippen LogP contribution >= 0.6 is 0 Å². The summed E-state index contributed by atoms with van der Waals surface area (Å²) in [6, 6.07) is 5.42. The molecular weight excluding hydrogens is 298 g/mol. The zero-order valence-electron chi connectivity index (χ0n) is 13.0. The van der Waals surface area contributed by atoms with E-state index in [1.807, 2.05) is 6.92 Å². The Labute approximate surface area is 133 Å². The fraction of sp³-hybridized carbons (Fsp3) is 0.412. The molecule has 2 N–H and O–H groups in total. The number of aliphatic carboxylic acids is 1. The molecule has 0 radical (unpaired) electrons. The van der Waals surface area contributed by atoms with E-state index in [1.54, 1.807) is 31.2 Å². The number of carbonyl (C=O) groups is 4. The van der Waals surface area contributed by atoms with Gasteiger partial charge < -0.3 is 10.4 Å². The van der Waals surface area contributed by atoms with E-state index in [4.69, 9.17) is 0 Å². The lowest BCUT2D eigenvalue weighted by atomic mass is 9.96. The third-order valence-electron chi connectivity index (χ3n) is 4.28. The Morgan fingerprint density at radius 3 is 2.13 bits per heavy atom. The summed E-state index contributed by atoms with van der Waals surface area (Å²) in [5.41, 5.74) is 0.652. The molecule has 1 aliphatic rings. The summed E-state index contributed by atoms with van der Waals surface area (Å²) in [6.45, 7) is 3.55. The second-order valence-corrected chi connectivity index (χ2v) is 5.80. The Kier molecular flexibility index (Phi) is 4.93. The molecule has 0 saturated heterocycles. The molecule has 2 rings (SSSR count). The molecule has 6 heteroatoms. The van der Waals surface area contributed by atoms with E-state index < -0.39 is 23.8 Å². The second kappa shape index (κ2) is 6.73. The smallest absolute Gasteiger partial charge is 0.326 e. The highest BCUT2D eigenvalue weighted by Crippen LogP contribution is 2.28. The molecular formula is C17H19NO5. The molecule has 0 bridgehead atoms. The minimum absolute atomic E-state index is 0.247. The normalized spacial score (nSPS) is 16.8. The Morgan fingerprint density at radius 2 is 1.70 bits per heavy atom. The van der Waals surface area contributed by atoms with Crippen molar-refractivity contribution < 1.29 is 24.3 Å². The Bertz CT molecular complexity index is 632. The van der Waals surface area contributed by atoms with Crippen molar-refractivity contribution in [2.24, 2.45) is 11.8 Å². The Morgan fingerprint density at radius 1 is 1.17 bits per heavy atom. The number of hydrogen-bond acceptors (Lipinski definition) is 4. The van der Waals surface area contributed by atoms with Crippen LogP contribution in [0.3, 0.4) is 0 Å². The standard InChI is InChI=1S/C17H19NO5/c1-3-9(2)14(17(22)23)18-13(19)8-12-15(20)10-6-4-5-7-11(10)16(12)21/h4-7,9,12,14H,3,8H2,1-2H3,(H,18,19)(H,22,23)/t9-,14-/m0/s1. The number of fused-ring (bicyclic) bond motifs is 1. The monoisotopic (exact) mass is 317 g/mol. The minimum Gasteiger partial charge on any atom is -0.480 e. The quantitative estimate of drug-likeness (QED) is 0.778. The van der Waals surface area contributed by atoms with Crippen LogP contribution in [0.1, 0.15) is 47.4 Å². The van der Waals surface area contributed by atoms with Gasteiger partial charge in [-0.05, 0) is 5.92 Å². The number of carbonyl (C=O) groups excluding carboxylic acids is 3. The first-order valence-electron chi connectivity index (χ1n) is 7.56. The molecule has 0 saturated carbocycles. The van der Waals surface area contributed by atoms with E-state index in [9.17, 15) is 24.3 Å². The van der Waals surface area contributed by atoms with E-state index in [0.29, 0.717) is 17.5 Å². The average molecular weight is 317 g/mol. The highest BCUT2D eigenvalue weighted by Gasteiger charge is 2.40. The summed E-state index contributed by atoms with van der Waals surface area (Å²) < 4.78 is 0. The van der Waals surface area contributed by atoms with E-state index in [0.717, 1.165) is 0 Å². The van der Waals surface area contributed by atoms with Crippen LogP contribution < -0.4 is 5.32 Å². The molecule has 6 nitrogen and oxygen atoms in total. The summed E-state index contributed by atoms with van der Waals surface area (Å²) in [5, 5.41) is 11.6. The van der Waals surface area contributed by atoms with Crippen molar-refractivity contribution in [3.05, 3.63) is 35.4 Å². The maximum atomic E-state index is 12.2. The van der Waals surface area contributed by atoms with Gasteiger partial charge in [-0.15, -0.1) is 0 Å². The summed E-state index contributed by atoms with van der Waals surface area (Å²) in [5.74, 6) is -3.79. The van der Waals surface area contributed by atoms with Gasteiger partial charge in [-0.1, -0.05) is 44.5 Å². The van der Waals surface area contributed by atoms with Crippen molar-refractivity contribution in [1.82, 2.24) is 5.32 Å². The molecule has 0 aromatic heterocycles. The van der Waals surface area contributed by atoms with E-state index in [1.165, 1.54) is 0 Å². The predicted octanol–water partition coefficient (Wildman–Crippen LogP) is 1.69. The fourth-order valence-corrected chi connectivity index (χ4v) is 2.69. The summed E-state index contributed by atoms with van der Waals surface area (Å²) in [7, 11) is 0. The lowest BCUT2D eigenvalue weighted by Gasteiger charge is -2.20. The highest BCUT2D eigenvalue weighted by atomic mass is 16.4. The lowest BCUT2D eigenvalue weighted by molar-refractivity contribution is -0.143. The fourth-order valence-electron chi connectivity index (χ4n) is 2.69. The molecule has 0 spiro atoms. The van der Waals surface area contributed by atoms with Crippen molar-refractivity contribution in [2.45, 2.75) is 32.7 Å². The number of ketones is 2.